The number of carbonyl (C=O) groups excluding carboxylic acids is 4. The molecule has 8 rings (SSSR count). The lowest BCUT2D eigenvalue weighted by molar-refractivity contribution is -0.132. The zero-order chi connectivity index (χ0) is 66.5. The number of allylic oxidation sites excluding steroid dienone is 2. The number of hydrogen-bond acceptors (Lipinski definition) is 14. The number of rotatable bonds is 24. The molecule has 0 aliphatic rings. The lowest BCUT2D eigenvalue weighted by Gasteiger charge is -2.28. The number of esters is 4. The van der Waals surface area contributed by atoms with Gasteiger partial charge in [0.05, 0.1) is 50.7 Å². The fourth-order valence-corrected chi connectivity index (χ4v) is 8.77. The first-order chi connectivity index (χ1) is 44.3. The summed E-state index contributed by atoms with van der Waals surface area (Å²) < 4.78 is 45.2. The highest BCUT2D eigenvalue weighted by Gasteiger charge is 2.35. The van der Waals surface area contributed by atoms with Crippen LogP contribution in [0.2, 0.25) is 0 Å². The second-order valence-electron chi connectivity index (χ2n) is 19.7. The smallest absolute Gasteiger partial charge is 0.338 e. The van der Waals surface area contributed by atoms with Crippen LogP contribution in [0.3, 0.4) is 0 Å². The summed E-state index contributed by atoms with van der Waals surface area (Å²) in [5.74, 6) is -2.41. The predicted molar refractivity (Wildman–Crippen MR) is 354 cm³/mol. The molecule has 0 spiro atoms. The van der Waals surface area contributed by atoms with E-state index in [-0.39, 0.29) is 16.0 Å². The number of carboxylic acids is 2. The Labute approximate surface area is 544 Å². The third kappa shape index (κ3) is 21.8. The molecule has 0 amide bonds. The Bertz CT molecular complexity index is 3550. The third-order valence-corrected chi connectivity index (χ3v) is 13.4. The van der Waals surface area contributed by atoms with E-state index in [1.54, 1.807) is 167 Å². The van der Waals surface area contributed by atoms with Crippen LogP contribution in [0.25, 0.3) is 24.3 Å². The Morgan fingerprint density at radius 2 is 0.511 bits per heavy atom. The second kappa shape index (κ2) is 36.1. The largest absolute Gasteiger partial charge is 0.497 e. The molecule has 92 heavy (non-hydrogen) atoms. The molecular formula is C74H68Cl2O16. The molecule has 8 aromatic rings. The van der Waals surface area contributed by atoms with Gasteiger partial charge in [-0.05, 0) is 174 Å². The maximum atomic E-state index is 13.5. The molecule has 0 heterocycles. The van der Waals surface area contributed by atoms with Crippen molar-refractivity contribution in [3.05, 3.63) is 285 Å². The maximum Gasteiger partial charge on any atom is 0.338 e. The summed E-state index contributed by atoms with van der Waals surface area (Å²) in [6.07, 6.45) is 8.42. The van der Waals surface area contributed by atoms with Crippen molar-refractivity contribution in [1.82, 2.24) is 0 Å². The molecule has 0 bridgehead atoms. The molecule has 2 N–H and O–H groups in total. The SMILES string of the molecule is C/C=C/c1ccc(C(OC(=O)c2ccc(OC)cc2)C(OC(=O)c2ccc(OC)cc2)c2ccc(/C=C/C)cc2)cc1.CC(Cl)Cl.COc1ccc(C(=O)OC(c2ccc(/C=C/C(=O)O)cc2)C(OC(=O)c2ccc(OC)cc2)c2ccc(/C=C/C(=O)O)cc2)cc1. The number of aliphatic carboxylic acids is 2. The molecule has 0 aliphatic carbocycles. The summed E-state index contributed by atoms with van der Waals surface area (Å²) in [6.45, 7) is 5.59. The zero-order valence-corrected chi connectivity index (χ0v) is 52.9. The minimum Gasteiger partial charge on any atom is -0.497 e. The van der Waals surface area contributed by atoms with Crippen LogP contribution in [0, 0.1) is 0 Å². The number of halogens is 2. The molecule has 0 aromatic heterocycles. The first-order valence-electron chi connectivity index (χ1n) is 28.5. The summed E-state index contributed by atoms with van der Waals surface area (Å²) >= 11 is 10.1. The number of carboxylic acid groups (broad SMARTS) is 2. The van der Waals surface area contributed by atoms with Gasteiger partial charge in [0.1, 0.15) is 27.8 Å². The molecule has 4 atom stereocenters. The topological polar surface area (TPSA) is 217 Å². The molecular weight excluding hydrogens is 1220 g/mol. The van der Waals surface area contributed by atoms with Crippen LogP contribution in [0.15, 0.2) is 218 Å². The first kappa shape index (κ1) is 70.4. The second-order valence-corrected chi connectivity index (χ2v) is 21.3. The number of methoxy groups -OCH3 is 4. The van der Waals surface area contributed by atoms with Crippen molar-refractivity contribution in [2.45, 2.75) is 50.0 Å². The summed E-state index contributed by atoms with van der Waals surface area (Å²) in [4.78, 5) is 75.7. The zero-order valence-electron chi connectivity index (χ0n) is 51.3. The summed E-state index contributed by atoms with van der Waals surface area (Å²) in [6, 6.07) is 54.3. The number of hydrogen-bond donors (Lipinski definition) is 2. The molecule has 18 heteroatoms. The fourth-order valence-electron chi connectivity index (χ4n) is 8.77. The van der Waals surface area contributed by atoms with E-state index in [2.05, 4.69) is 0 Å². The molecule has 0 radical (unpaired) electrons. The van der Waals surface area contributed by atoms with Crippen molar-refractivity contribution < 1.29 is 76.9 Å². The highest BCUT2D eigenvalue weighted by molar-refractivity contribution is 6.43. The quantitative estimate of drug-likeness (QED) is 0.0249. The Kier molecular flexibility index (Phi) is 27.6. The maximum absolute atomic E-state index is 13.5. The fraction of sp³-hybridized carbons (Fsp3) is 0.162. The van der Waals surface area contributed by atoms with E-state index in [0.717, 1.165) is 23.3 Å². The highest BCUT2D eigenvalue weighted by atomic mass is 35.5. The van der Waals surface area contributed by atoms with E-state index in [0.29, 0.717) is 67.5 Å². The van der Waals surface area contributed by atoms with Crippen LogP contribution in [0.5, 0.6) is 23.0 Å². The number of carbonyl (C=O) groups is 6. The van der Waals surface area contributed by atoms with Crippen LogP contribution in [-0.2, 0) is 28.5 Å². The van der Waals surface area contributed by atoms with Gasteiger partial charge >= 0.3 is 35.8 Å². The Hall–Kier alpha value is -10.7. The summed E-state index contributed by atoms with van der Waals surface area (Å²) in [7, 11) is 6.13. The lowest BCUT2D eigenvalue weighted by atomic mass is 9.95. The van der Waals surface area contributed by atoms with Crippen LogP contribution in [0.1, 0.15) is 131 Å². The van der Waals surface area contributed by atoms with Gasteiger partial charge in [0.2, 0.25) is 0 Å². The average molecular weight is 1280 g/mol. The van der Waals surface area contributed by atoms with Crippen LogP contribution in [0.4, 0.5) is 0 Å². The Balaban J connectivity index is 0.000000277. The van der Waals surface area contributed by atoms with Gasteiger partial charge in [-0.15, -0.1) is 23.2 Å². The van der Waals surface area contributed by atoms with Crippen LogP contribution >= 0.6 is 23.2 Å². The molecule has 16 nitrogen and oxygen atoms in total. The van der Waals surface area contributed by atoms with E-state index in [1.165, 1.54) is 26.4 Å². The average Bonchev–Trinajstić information content (AvgIpc) is 0.952. The molecule has 0 aliphatic heterocycles. The minimum absolute atomic E-state index is 0.222. The van der Waals surface area contributed by atoms with Gasteiger partial charge in [-0.3, -0.25) is 0 Å². The lowest BCUT2D eigenvalue weighted by Crippen LogP contribution is -2.23. The molecule has 0 saturated carbocycles. The number of ether oxygens (including phenoxy) is 8. The van der Waals surface area contributed by atoms with Crippen molar-refractivity contribution in [2.24, 2.45) is 0 Å². The van der Waals surface area contributed by atoms with Gasteiger partial charge in [0, 0.05) is 12.2 Å². The van der Waals surface area contributed by atoms with Crippen molar-refractivity contribution >= 4 is 83.3 Å². The van der Waals surface area contributed by atoms with Crippen LogP contribution in [-0.4, -0.2) is 79.3 Å². The van der Waals surface area contributed by atoms with E-state index in [1.807, 2.05) is 86.7 Å². The Morgan fingerprint density at radius 1 is 0.326 bits per heavy atom. The van der Waals surface area contributed by atoms with E-state index >= 15 is 0 Å². The molecule has 8 aromatic carbocycles. The van der Waals surface area contributed by atoms with Crippen molar-refractivity contribution in [3.63, 3.8) is 0 Å². The van der Waals surface area contributed by atoms with Gasteiger partial charge in [0.15, 0.2) is 24.4 Å². The van der Waals surface area contributed by atoms with Crippen LogP contribution < -0.4 is 18.9 Å². The summed E-state index contributed by atoms with van der Waals surface area (Å²) in [5.41, 5.74) is 6.53. The molecule has 474 valence electrons. The van der Waals surface area contributed by atoms with E-state index < -0.39 is 60.2 Å². The number of benzene rings is 8. The molecule has 4 unspecified atom stereocenters. The standard InChI is InChI=1S/C36H30O10.C36H34O6.C2H4Cl2/c1-43-29-17-13-27(14-18-29)35(41)45-33(25-9-3-23(4-10-25)7-21-31(37)38)34(26-11-5-24(6-12-26)8-22-32(39)40)46-36(42)28-15-19-30(44-2)20-16-28;1-5-7-25-9-13-27(14-10-25)33(41-35(37)29-17-21-31(39-3)22-18-29)34(28-15-11-26(8-6-2)12-16-28)42-36(38)30-19-23-32(40-4)24-20-30;1-2(3)4/h3-22,33-34H,1-2H3,(H,37,38)(H,39,40);5-24,33-34H,1-4H3;2H,1H3/b21-7+,22-8+;7-5+,8-6+;. The third-order valence-electron chi connectivity index (χ3n) is 13.4. The molecule has 0 fully saturated rings. The van der Waals surface area contributed by atoms with Crippen molar-refractivity contribution in [1.29, 1.82) is 0 Å². The van der Waals surface area contributed by atoms with Gasteiger partial charge in [0.25, 0.3) is 0 Å². The Morgan fingerprint density at radius 3 is 0.674 bits per heavy atom. The normalized spacial score (nSPS) is 12.3. The summed E-state index contributed by atoms with van der Waals surface area (Å²) in [5, 5.41) is 18.0. The van der Waals surface area contributed by atoms with E-state index in [4.69, 9.17) is 71.3 Å². The van der Waals surface area contributed by atoms with Crippen molar-refractivity contribution in [2.75, 3.05) is 28.4 Å². The van der Waals surface area contributed by atoms with Gasteiger partial charge in [-0.2, -0.15) is 0 Å². The predicted octanol–water partition coefficient (Wildman–Crippen LogP) is 16.5. The van der Waals surface area contributed by atoms with Crippen molar-refractivity contribution in [3.8, 4) is 23.0 Å². The molecule has 0 saturated heterocycles. The van der Waals surface area contributed by atoms with Gasteiger partial charge < -0.3 is 48.1 Å². The van der Waals surface area contributed by atoms with Gasteiger partial charge in [-0.25, -0.2) is 28.8 Å². The highest BCUT2D eigenvalue weighted by Crippen LogP contribution is 2.40. The van der Waals surface area contributed by atoms with Gasteiger partial charge in [-0.1, -0.05) is 121 Å². The minimum atomic E-state index is -1.17. The van der Waals surface area contributed by atoms with E-state index in [9.17, 15) is 28.8 Å². The monoisotopic (exact) mass is 1280 g/mol. The number of alkyl halides is 2. The first-order valence-corrected chi connectivity index (χ1v) is 29.4.